The first-order valence-corrected chi connectivity index (χ1v) is 10.8. The lowest BCUT2D eigenvalue weighted by Crippen LogP contribution is -2.32. The number of fused-ring (bicyclic) bond motifs is 1. The quantitative estimate of drug-likeness (QED) is 0.316. The highest BCUT2D eigenvalue weighted by atomic mass is 32.2. The van der Waals surface area contributed by atoms with Crippen LogP contribution in [-0.4, -0.2) is 34.0 Å². The maximum Gasteiger partial charge on any atom is 0.242 e. The van der Waals surface area contributed by atoms with Crippen LogP contribution in [0.4, 0.5) is 0 Å². The van der Waals surface area contributed by atoms with Crippen LogP contribution < -0.4 is 0 Å². The molecule has 30 heavy (non-hydrogen) atoms. The Balaban J connectivity index is 1.57. The fourth-order valence-electron chi connectivity index (χ4n) is 3.56. The highest BCUT2D eigenvalue weighted by Crippen LogP contribution is 2.30. The van der Waals surface area contributed by atoms with E-state index < -0.39 is 0 Å². The van der Waals surface area contributed by atoms with Gasteiger partial charge in [0.2, 0.25) is 5.91 Å². The molecule has 4 nitrogen and oxygen atoms in total. The van der Waals surface area contributed by atoms with Gasteiger partial charge in [-0.15, -0.1) is 11.7 Å². The van der Waals surface area contributed by atoms with E-state index in [1.165, 1.54) is 22.9 Å². The average Bonchev–Trinajstić information content (AvgIpc) is 3.05. The molecule has 1 fully saturated rings. The Morgan fingerprint density at radius 2 is 1.83 bits per heavy atom. The molecule has 0 radical (unpaired) electrons. The molecule has 0 aromatic heterocycles. The number of rotatable bonds is 6. The number of hydrogen-bond acceptors (Lipinski definition) is 4. The third kappa shape index (κ3) is 4.21. The van der Waals surface area contributed by atoms with Crippen molar-refractivity contribution in [2.75, 3.05) is 6.54 Å². The Morgan fingerprint density at radius 1 is 1.07 bits per heavy atom. The average molecular weight is 414 g/mol. The van der Waals surface area contributed by atoms with E-state index >= 15 is 0 Å². The smallest absolute Gasteiger partial charge is 0.242 e. The van der Waals surface area contributed by atoms with Crippen molar-refractivity contribution in [3.05, 3.63) is 96.1 Å². The lowest BCUT2D eigenvalue weighted by atomic mass is 10.0. The summed E-state index contributed by atoms with van der Waals surface area (Å²) in [5.41, 5.74) is 3.38. The minimum Gasteiger partial charge on any atom is -0.285 e. The largest absolute Gasteiger partial charge is 0.285 e. The summed E-state index contributed by atoms with van der Waals surface area (Å²) in [5, 5.41) is 11.4. The van der Waals surface area contributed by atoms with E-state index in [1.807, 2.05) is 36.4 Å². The molecule has 0 bridgehead atoms. The summed E-state index contributed by atoms with van der Waals surface area (Å²) >= 11 is 1.47. The van der Waals surface area contributed by atoms with Crippen LogP contribution in [-0.2, 0) is 11.2 Å². The van der Waals surface area contributed by atoms with Crippen LogP contribution in [0.15, 0.2) is 89.6 Å². The predicted octanol–water partition coefficient (Wildman–Crippen LogP) is 5.21. The number of carbonyl (C=O) groups excluding carboxylic acids is 1. The van der Waals surface area contributed by atoms with E-state index in [0.29, 0.717) is 18.1 Å². The van der Waals surface area contributed by atoms with Crippen molar-refractivity contribution in [2.45, 2.75) is 18.6 Å². The molecule has 0 aliphatic carbocycles. The first-order valence-electron chi connectivity index (χ1n) is 9.89. The number of amides is 1. The Kier molecular flexibility index (Phi) is 6.10. The summed E-state index contributed by atoms with van der Waals surface area (Å²) < 4.78 is 0. The maximum absolute atomic E-state index is 13.0. The molecule has 5 heteroatoms. The summed E-state index contributed by atoms with van der Waals surface area (Å²) in [6.45, 7) is 6.28. The van der Waals surface area contributed by atoms with Gasteiger partial charge in [0.1, 0.15) is 0 Å². The number of benzene rings is 3. The molecular formula is C25H23N3OS. The molecule has 0 spiro atoms. The second-order valence-corrected chi connectivity index (χ2v) is 8.34. The minimum absolute atomic E-state index is 0.0577. The fourth-order valence-corrected chi connectivity index (χ4v) is 4.69. The van der Waals surface area contributed by atoms with E-state index in [-0.39, 0.29) is 11.2 Å². The second kappa shape index (κ2) is 9.09. The highest BCUT2D eigenvalue weighted by Gasteiger charge is 2.37. The molecule has 0 saturated carbocycles. The normalized spacial score (nSPS) is 18.0. The number of amidine groups is 1. The third-order valence-corrected chi connectivity index (χ3v) is 6.33. The number of nitrogens with zero attached hydrogens (tertiary/aromatic N) is 3. The van der Waals surface area contributed by atoms with Gasteiger partial charge < -0.3 is 0 Å². The van der Waals surface area contributed by atoms with Crippen LogP contribution in [0.5, 0.6) is 0 Å². The summed E-state index contributed by atoms with van der Waals surface area (Å²) in [5.74, 6) is 0.0577. The molecule has 1 aliphatic heterocycles. The monoisotopic (exact) mass is 413 g/mol. The lowest BCUT2D eigenvalue weighted by molar-refractivity contribution is -0.125. The number of thioether (sulfide) groups is 1. The molecular weight excluding hydrogens is 390 g/mol. The zero-order valence-electron chi connectivity index (χ0n) is 16.9. The molecule has 1 saturated heterocycles. The van der Waals surface area contributed by atoms with Gasteiger partial charge in [-0.3, -0.25) is 9.69 Å². The Hall–Kier alpha value is -3.18. The van der Waals surface area contributed by atoms with Crippen molar-refractivity contribution >= 4 is 39.8 Å². The molecule has 1 aliphatic rings. The van der Waals surface area contributed by atoms with Gasteiger partial charge in [-0.05, 0) is 35.2 Å². The number of carbonyl (C=O) groups is 1. The predicted molar refractivity (Wildman–Crippen MR) is 127 cm³/mol. The van der Waals surface area contributed by atoms with Crippen LogP contribution in [0.3, 0.4) is 0 Å². The van der Waals surface area contributed by atoms with Gasteiger partial charge in [0, 0.05) is 12.1 Å². The van der Waals surface area contributed by atoms with Crippen molar-refractivity contribution in [1.82, 2.24) is 4.90 Å². The van der Waals surface area contributed by atoms with E-state index in [0.717, 1.165) is 16.3 Å². The first-order chi connectivity index (χ1) is 14.7. The Bertz CT molecular complexity index is 1150. The molecule has 1 unspecified atom stereocenters. The van der Waals surface area contributed by atoms with Gasteiger partial charge in [0.25, 0.3) is 0 Å². The van der Waals surface area contributed by atoms with E-state index in [2.05, 4.69) is 54.0 Å². The molecule has 1 heterocycles. The third-order valence-electron chi connectivity index (χ3n) is 5.16. The number of hydrogen-bond donors (Lipinski definition) is 0. The maximum atomic E-state index is 13.0. The van der Waals surface area contributed by atoms with E-state index in [9.17, 15) is 4.79 Å². The van der Waals surface area contributed by atoms with Crippen LogP contribution in [0, 0.1) is 6.92 Å². The van der Waals surface area contributed by atoms with Crippen molar-refractivity contribution in [3.8, 4) is 0 Å². The summed E-state index contributed by atoms with van der Waals surface area (Å²) in [7, 11) is 0. The topological polar surface area (TPSA) is 45.0 Å². The number of aryl methyl sites for hydroxylation is 1. The summed E-state index contributed by atoms with van der Waals surface area (Å²) in [4.78, 5) is 14.6. The Labute approximate surface area is 181 Å². The van der Waals surface area contributed by atoms with Crippen molar-refractivity contribution < 1.29 is 4.79 Å². The van der Waals surface area contributed by atoms with Gasteiger partial charge in [0.15, 0.2) is 5.17 Å². The van der Waals surface area contributed by atoms with Gasteiger partial charge in [-0.1, -0.05) is 84.6 Å². The lowest BCUT2D eigenvalue weighted by Gasteiger charge is -2.13. The van der Waals surface area contributed by atoms with Crippen LogP contribution in [0.1, 0.15) is 16.7 Å². The Morgan fingerprint density at radius 3 is 2.67 bits per heavy atom. The second-order valence-electron chi connectivity index (χ2n) is 7.17. The zero-order valence-corrected chi connectivity index (χ0v) is 17.7. The molecule has 3 aromatic carbocycles. The van der Waals surface area contributed by atoms with Crippen LogP contribution in [0.2, 0.25) is 0 Å². The standard InChI is InChI=1S/C25H23N3OS/c1-3-15-28-24(29)23(16-20-11-5-4-9-18(20)2)30-25(28)27-26-17-21-13-8-12-19-10-6-7-14-22(19)21/h3-14,17,23H,1,15-16H2,2H3. The molecule has 1 atom stereocenters. The first kappa shape index (κ1) is 20.1. The van der Waals surface area contributed by atoms with Crippen LogP contribution in [0.25, 0.3) is 10.8 Å². The molecule has 4 rings (SSSR count). The fraction of sp³-hybridized carbons (Fsp3) is 0.160. The minimum atomic E-state index is -0.197. The van der Waals surface area contributed by atoms with Crippen molar-refractivity contribution in [3.63, 3.8) is 0 Å². The van der Waals surface area contributed by atoms with Gasteiger partial charge in [-0.2, -0.15) is 5.10 Å². The molecule has 150 valence electrons. The van der Waals surface area contributed by atoms with E-state index in [1.54, 1.807) is 17.2 Å². The zero-order chi connectivity index (χ0) is 20.9. The SMILES string of the molecule is C=CCN1C(=O)C(Cc2ccccc2C)SC1=NN=Cc1cccc2ccccc12. The molecule has 0 N–H and O–H groups in total. The summed E-state index contributed by atoms with van der Waals surface area (Å²) in [6, 6.07) is 22.5. The van der Waals surface area contributed by atoms with Gasteiger partial charge in [0.05, 0.1) is 11.5 Å². The van der Waals surface area contributed by atoms with Gasteiger partial charge >= 0.3 is 0 Å². The molecule has 3 aromatic rings. The highest BCUT2D eigenvalue weighted by molar-refractivity contribution is 8.15. The molecule has 1 amide bonds. The van der Waals surface area contributed by atoms with Gasteiger partial charge in [-0.25, -0.2) is 0 Å². The van der Waals surface area contributed by atoms with Crippen LogP contribution >= 0.6 is 11.8 Å². The van der Waals surface area contributed by atoms with Crippen molar-refractivity contribution in [2.24, 2.45) is 10.2 Å². The van der Waals surface area contributed by atoms with Crippen molar-refractivity contribution in [1.29, 1.82) is 0 Å². The van der Waals surface area contributed by atoms with E-state index in [4.69, 9.17) is 0 Å². The summed E-state index contributed by atoms with van der Waals surface area (Å²) in [6.07, 6.45) is 4.15.